The van der Waals surface area contributed by atoms with E-state index in [-0.39, 0.29) is 11.6 Å². The zero-order valence-corrected chi connectivity index (χ0v) is 13.3. The van der Waals surface area contributed by atoms with Crippen LogP contribution >= 0.6 is 0 Å². The minimum Gasteiger partial charge on any atom is -0.491 e. The van der Waals surface area contributed by atoms with Crippen molar-refractivity contribution in [3.8, 4) is 5.75 Å². The van der Waals surface area contributed by atoms with Gasteiger partial charge in [0, 0.05) is 19.7 Å². The first kappa shape index (κ1) is 16.8. The third-order valence-corrected chi connectivity index (χ3v) is 3.30. The fourth-order valence-corrected chi connectivity index (χ4v) is 2.06. The molecular formula is C15H20N4O4. The number of nitrogens with one attached hydrogen (secondary N) is 2. The highest BCUT2D eigenvalue weighted by Gasteiger charge is 2.16. The molecule has 2 aromatic rings. The fourth-order valence-electron chi connectivity index (χ4n) is 2.06. The molecule has 1 aromatic heterocycles. The zero-order chi connectivity index (χ0) is 16.8. The number of aromatic amines is 1. The molecule has 1 amide bonds. The molecule has 1 heterocycles. The first-order chi connectivity index (χ1) is 11.0. The monoisotopic (exact) mass is 320 g/mol. The van der Waals surface area contributed by atoms with Gasteiger partial charge < -0.3 is 14.8 Å². The molecule has 0 saturated carbocycles. The standard InChI is InChI=1S/C15H20N4O4/c1-10(13-17-18-15(21)19(13)2)16-14(20)11-5-4-6-12(9-11)23-8-7-22-3/h4-6,9-10H,7-8H2,1-3H3,(H,16,20)(H,18,21). The molecular weight excluding hydrogens is 300 g/mol. The summed E-state index contributed by atoms with van der Waals surface area (Å²) in [6.07, 6.45) is 0. The molecule has 0 saturated heterocycles. The van der Waals surface area contributed by atoms with E-state index < -0.39 is 6.04 Å². The van der Waals surface area contributed by atoms with E-state index in [2.05, 4.69) is 15.5 Å². The molecule has 0 aliphatic rings. The van der Waals surface area contributed by atoms with Crippen LogP contribution in [0, 0.1) is 0 Å². The van der Waals surface area contributed by atoms with Gasteiger partial charge in [-0.1, -0.05) is 6.07 Å². The topological polar surface area (TPSA) is 98.2 Å². The van der Waals surface area contributed by atoms with Gasteiger partial charge in [0.05, 0.1) is 12.6 Å². The average Bonchev–Trinajstić information content (AvgIpc) is 2.87. The van der Waals surface area contributed by atoms with Crippen molar-refractivity contribution in [1.82, 2.24) is 20.1 Å². The van der Waals surface area contributed by atoms with E-state index in [4.69, 9.17) is 9.47 Å². The molecule has 0 radical (unpaired) electrons. The number of carbonyl (C=O) groups is 1. The number of H-pyrrole nitrogens is 1. The molecule has 0 aliphatic heterocycles. The number of carbonyl (C=O) groups excluding carboxylic acids is 1. The summed E-state index contributed by atoms with van der Waals surface area (Å²) in [6, 6.07) is 6.44. The largest absolute Gasteiger partial charge is 0.491 e. The summed E-state index contributed by atoms with van der Waals surface area (Å²) in [6.45, 7) is 2.64. The van der Waals surface area contributed by atoms with Crippen molar-refractivity contribution in [3.05, 3.63) is 46.1 Å². The normalized spacial score (nSPS) is 12.0. The lowest BCUT2D eigenvalue weighted by molar-refractivity contribution is 0.0937. The van der Waals surface area contributed by atoms with Gasteiger partial charge in [-0.2, -0.15) is 5.10 Å². The molecule has 0 spiro atoms. The van der Waals surface area contributed by atoms with Crippen LogP contribution in [0.15, 0.2) is 29.1 Å². The lowest BCUT2D eigenvalue weighted by Gasteiger charge is -2.13. The molecule has 124 valence electrons. The van der Waals surface area contributed by atoms with Gasteiger partial charge in [-0.15, -0.1) is 0 Å². The van der Waals surface area contributed by atoms with Crippen molar-refractivity contribution >= 4 is 5.91 Å². The van der Waals surface area contributed by atoms with E-state index in [1.165, 1.54) is 4.57 Å². The maximum atomic E-state index is 12.3. The van der Waals surface area contributed by atoms with Crippen LogP contribution in [0.1, 0.15) is 29.1 Å². The second-order valence-electron chi connectivity index (χ2n) is 5.01. The van der Waals surface area contributed by atoms with Gasteiger partial charge in [0.1, 0.15) is 12.4 Å². The summed E-state index contributed by atoms with van der Waals surface area (Å²) in [7, 11) is 3.19. The lowest BCUT2D eigenvalue weighted by Crippen LogP contribution is -2.29. The fraction of sp³-hybridized carbons (Fsp3) is 0.400. The van der Waals surface area contributed by atoms with Gasteiger partial charge in [0.2, 0.25) is 0 Å². The van der Waals surface area contributed by atoms with E-state index in [9.17, 15) is 9.59 Å². The molecule has 2 rings (SSSR count). The van der Waals surface area contributed by atoms with E-state index in [0.29, 0.717) is 30.4 Å². The zero-order valence-electron chi connectivity index (χ0n) is 13.3. The summed E-state index contributed by atoms with van der Waals surface area (Å²) in [5, 5.41) is 9.04. The number of amides is 1. The molecule has 8 nitrogen and oxygen atoms in total. The smallest absolute Gasteiger partial charge is 0.343 e. The highest BCUT2D eigenvalue weighted by molar-refractivity contribution is 5.94. The van der Waals surface area contributed by atoms with Crippen molar-refractivity contribution in [1.29, 1.82) is 0 Å². The van der Waals surface area contributed by atoms with Gasteiger partial charge in [0.25, 0.3) is 5.91 Å². The molecule has 0 aliphatic carbocycles. The second kappa shape index (κ2) is 7.59. The van der Waals surface area contributed by atoms with E-state index in [0.717, 1.165) is 0 Å². The first-order valence-electron chi connectivity index (χ1n) is 7.17. The number of benzene rings is 1. The number of rotatable bonds is 7. The lowest BCUT2D eigenvalue weighted by atomic mass is 10.2. The van der Waals surface area contributed by atoms with Crippen molar-refractivity contribution in [2.45, 2.75) is 13.0 Å². The van der Waals surface area contributed by atoms with Crippen LogP contribution < -0.4 is 15.7 Å². The van der Waals surface area contributed by atoms with Crippen LogP contribution in [0.2, 0.25) is 0 Å². The van der Waals surface area contributed by atoms with Crippen LogP contribution in [0.25, 0.3) is 0 Å². The maximum Gasteiger partial charge on any atom is 0.343 e. The first-order valence-corrected chi connectivity index (χ1v) is 7.17. The van der Waals surface area contributed by atoms with Crippen LogP contribution in [-0.4, -0.2) is 41.0 Å². The van der Waals surface area contributed by atoms with E-state index in [1.54, 1.807) is 45.3 Å². The molecule has 1 unspecified atom stereocenters. The number of ether oxygens (including phenoxy) is 2. The minimum absolute atomic E-state index is 0.273. The van der Waals surface area contributed by atoms with Crippen LogP contribution in [-0.2, 0) is 11.8 Å². The molecule has 8 heteroatoms. The Kier molecular flexibility index (Phi) is 5.53. The molecule has 1 aromatic carbocycles. The number of methoxy groups -OCH3 is 1. The van der Waals surface area contributed by atoms with E-state index >= 15 is 0 Å². The number of hydrogen-bond acceptors (Lipinski definition) is 5. The predicted molar refractivity (Wildman–Crippen MR) is 83.5 cm³/mol. The van der Waals surface area contributed by atoms with Crippen molar-refractivity contribution < 1.29 is 14.3 Å². The third-order valence-electron chi connectivity index (χ3n) is 3.30. The maximum absolute atomic E-state index is 12.3. The molecule has 23 heavy (non-hydrogen) atoms. The Labute approximate surface area is 133 Å². The Balaban J connectivity index is 2.04. The summed E-state index contributed by atoms with van der Waals surface area (Å²) >= 11 is 0. The molecule has 1 atom stereocenters. The summed E-state index contributed by atoms with van der Waals surface area (Å²) in [5.74, 6) is 0.774. The highest BCUT2D eigenvalue weighted by atomic mass is 16.5. The quantitative estimate of drug-likeness (QED) is 0.729. The van der Waals surface area contributed by atoms with Crippen molar-refractivity contribution in [3.63, 3.8) is 0 Å². The number of nitrogens with zero attached hydrogens (tertiary/aromatic N) is 2. The van der Waals surface area contributed by atoms with E-state index in [1.807, 2.05) is 0 Å². The summed E-state index contributed by atoms with van der Waals surface area (Å²) in [4.78, 5) is 23.7. The Bertz CT molecular complexity index is 722. The van der Waals surface area contributed by atoms with Gasteiger partial charge >= 0.3 is 5.69 Å². The second-order valence-corrected chi connectivity index (χ2v) is 5.01. The van der Waals surface area contributed by atoms with Crippen LogP contribution in [0.5, 0.6) is 5.75 Å². The minimum atomic E-state index is -0.412. The Morgan fingerprint density at radius 2 is 2.22 bits per heavy atom. The Hall–Kier alpha value is -2.61. The number of hydrogen-bond donors (Lipinski definition) is 2. The summed E-state index contributed by atoms with van der Waals surface area (Å²) < 4.78 is 11.8. The SMILES string of the molecule is COCCOc1cccc(C(=O)NC(C)c2n[nH]c(=O)n2C)c1. The Morgan fingerprint density at radius 1 is 1.43 bits per heavy atom. The van der Waals surface area contributed by atoms with Crippen molar-refractivity contribution in [2.24, 2.45) is 7.05 Å². The molecule has 0 bridgehead atoms. The summed E-state index contributed by atoms with van der Waals surface area (Å²) in [5.41, 5.74) is 0.141. The highest BCUT2D eigenvalue weighted by Crippen LogP contribution is 2.14. The van der Waals surface area contributed by atoms with Crippen molar-refractivity contribution in [2.75, 3.05) is 20.3 Å². The molecule has 0 fully saturated rings. The van der Waals surface area contributed by atoms with Gasteiger partial charge in [-0.25, -0.2) is 9.89 Å². The van der Waals surface area contributed by atoms with Gasteiger partial charge in [0.15, 0.2) is 5.82 Å². The van der Waals surface area contributed by atoms with Crippen LogP contribution in [0.4, 0.5) is 0 Å². The number of aromatic nitrogens is 3. The molecule has 2 N–H and O–H groups in total. The third kappa shape index (κ3) is 4.19. The van der Waals surface area contributed by atoms with Crippen LogP contribution in [0.3, 0.4) is 0 Å². The Morgan fingerprint density at radius 3 is 2.87 bits per heavy atom. The van der Waals surface area contributed by atoms with Gasteiger partial charge in [-0.3, -0.25) is 9.36 Å². The average molecular weight is 320 g/mol. The van der Waals surface area contributed by atoms with Gasteiger partial charge in [-0.05, 0) is 25.1 Å². The predicted octanol–water partition coefficient (Wildman–Crippen LogP) is 0.625.